The lowest BCUT2D eigenvalue weighted by Crippen LogP contribution is -2.41. The van der Waals surface area contributed by atoms with Gasteiger partial charge in [-0.3, -0.25) is 11.3 Å². The zero-order valence-corrected chi connectivity index (χ0v) is 9.39. The van der Waals surface area contributed by atoms with E-state index in [9.17, 15) is 0 Å². The zero-order valence-electron chi connectivity index (χ0n) is 9.39. The third-order valence-corrected chi connectivity index (χ3v) is 3.44. The molecule has 1 aliphatic carbocycles. The lowest BCUT2D eigenvalue weighted by Gasteiger charge is -2.30. The molecule has 0 saturated heterocycles. The molecular weight excluding hydrogens is 172 g/mol. The molecule has 1 aliphatic rings. The molecule has 0 aromatic carbocycles. The predicted octanol–water partition coefficient (Wildman–Crippen LogP) is 2.75. The lowest BCUT2D eigenvalue weighted by molar-refractivity contribution is 0.268. The Labute approximate surface area is 87.9 Å². The molecule has 2 heteroatoms. The van der Waals surface area contributed by atoms with Gasteiger partial charge in [0.25, 0.3) is 0 Å². The highest BCUT2D eigenvalue weighted by Crippen LogP contribution is 2.28. The fourth-order valence-corrected chi connectivity index (χ4v) is 2.35. The number of nitrogens with two attached hydrogens (primary N) is 1. The maximum Gasteiger partial charge on any atom is 0.0275 e. The smallest absolute Gasteiger partial charge is 0.0275 e. The van der Waals surface area contributed by atoms with Gasteiger partial charge in [-0.1, -0.05) is 38.3 Å². The van der Waals surface area contributed by atoms with Crippen molar-refractivity contribution in [1.29, 1.82) is 0 Å². The Morgan fingerprint density at radius 1 is 1.43 bits per heavy atom. The fraction of sp³-hybridized carbons (Fsp3) is 0.833. The van der Waals surface area contributed by atoms with Crippen LogP contribution < -0.4 is 11.3 Å². The Hall–Kier alpha value is -0.340. The first-order valence-electron chi connectivity index (χ1n) is 5.90. The molecule has 1 fully saturated rings. The maximum absolute atomic E-state index is 5.62. The van der Waals surface area contributed by atoms with Crippen molar-refractivity contribution in [3.8, 4) is 0 Å². The van der Waals surface area contributed by atoms with Crippen LogP contribution in [0.3, 0.4) is 0 Å². The molecule has 3 N–H and O–H groups in total. The molecule has 0 radical (unpaired) electrons. The average Bonchev–Trinajstić information content (AvgIpc) is 2.26. The Kier molecular flexibility index (Phi) is 5.20. The molecule has 1 rings (SSSR count). The molecule has 0 aromatic heterocycles. The number of hydrogen-bond donors (Lipinski definition) is 2. The van der Waals surface area contributed by atoms with Crippen molar-refractivity contribution in [2.45, 2.75) is 57.9 Å². The highest BCUT2D eigenvalue weighted by atomic mass is 15.2. The van der Waals surface area contributed by atoms with Gasteiger partial charge in [0.1, 0.15) is 0 Å². The number of nitrogens with one attached hydrogen (secondary N) is 1. The molecule has 0 heterocycles. The van der Waals surface area contributed by atoms with Crippen LogP contribution >= 0.6 is 0 Å². The molecule has 0 aliphatic heterocycles. The first-order valence-corrected chi connectivity index (χ1v) is 5.90. The van der Waals surface area contributed by atoms with Gasteiger partial charge >= 0.3 is 0 Å². The summed E-state index contributed by atoms with van der Waals surface area (Å²) in [6.07, 6.45) is 8.96. The van der Waals surface area contributed by atoms with Crippen molar-refractivity contribution in [2.75, 3.05) is 0 Å². The maximum atomic E-state index is 5.62. The van der Waals surface area contributed by atoms with Crippen LogP contribution in [0.25, 0.3) is 0 Å². The van der Waals surface area contributed by atoms with Crippen LogP contribution in [0.1, 0.15) is 51.9 Å². The van der Waals surface area contributed by atoms with Gasteiger partial charge in [-0.2, -0.15) is 0 Å². The summed E-state index contributed by atoms with van der Waals surface area (Å²) < 4.78 is 0. The van der Waals surface area contributed by atoms with Crippen LogP contribution in [0.4, 0.5) is 0 Å². The number of hydrogen-bond acceptors (Lipinski definition) is 2. The molecule has 82 valence electrons. The molecule has 0 spiro atoms. The van der Waals surface area contributed by atoms with Gasteiger partial charge in [0.15, 0.2) is 0 Å². The van der Waals surface area contributed by atoms with E-state index < -0.39 is 0 Å². The van der Waals surface area contributed by atoms with Crippen molar-refractivity contribution in [2.24, 2.45) is 11.8 Å². The topological polar surface area (TPSA) is 38.0 Å². The molecule has 1 saturated carbocycles. The number of hydrazine groups is 1. The van der Waals surface area contributed by atoms with Gasteiger partial charge in [0.2, 0.25) is 0 Å². The second-order valence-electron chi connectivity index (χ2n) is 4.48. The normalized spacial score (nSPS) is 20.7. The standard InChI is InChI=1S/C12H24N2/c1-3-10(2)9-12(14-13)11-7-5-4-6-8-11/h11-12,14H,2-9,13H2,1H3. The van der Waals surface area contributed by atoms with E-state index in [2.05, 4.69) is 18.9 Å². The van der Waals surface area contributed by atoms with Crippen molar-refractivity contribution >= 4 is 0 Å². The molecule has 0 bridgehead atoms. The Morgan fingerprint density at radius 3 is 2.57 bits per heavy atom. The van der Waals surface area contributed by atoms with Crippen molar-refractivity contribution in [3.63, 3.8) is 0 Å². The average molecular weight is 196 g/mol. The Bertz CT molecular complexity index is 171. The fourth-order valence-electron chi connectivity index (χ4n) is 2.35. The molecule has 0 amide bonds. The van der Waals surface area contributed by atoms with Crippen LogP contribution in [0.15, 0.2) is 12.2 Å². The largest absolute Gasteiger partial charge is 0.271 e. The minimum atomic E-state index is 0.461. The first-order chi connectivity index (χ1) is 6.77. The second kappa shape index (κ2) is 6.20. The van der Waals surface area contributed by atoms with E-state index in [1.807, 2.05) is 0 Å². The van der Waals surface area contributed by atoms with Crippen molar-refractivity contribution in [1.82, 2.24) is 5.43 Å². The van der Waals surface area contributed by atoms with E-state index in [0.29, 0.717) is 6.04 Å². The van der Waals surface area contributed by atoms with E-state index in [4.69, 9.17) is 5.84 Å². The summed E-state index contributed by atoms with van der Waals surface area (Å²) in [5, 5.41) is 0. The number of rotatable bonds is 5. The zero-order chi connectivity index (χ0) is 10.4. The predicted molar refractivity (Wildman–Crippen MR) is 61.7 cm³/mol. The molecule has 0 aromatic rings. The summed E-state index contributed by atoms with van der Waals surface area (Å²) in [6, 6.07) is 0.461. The lowest BCUT2D eigenvalue weighted by atomic mass is 9.82. The van der Waals surface area contributed by atoms with E-state index in [1.54, 1.807) is 0 Å². The van der Waals surface area contributed by atoms with Crippen molar-refractivity contribution < 1.29 is 0 Å². The van der Waals surface area contributed by atoms with E-state index in [0.717, 1.165) is 18.8 Å². The van der Waals surface area contributed by atoms with Crippen LogP contribution in [0, 0.1) is 5.92 Å². The van der Waals surface area contributed by atoms with Crippen molar-refractivity contribution in [3.05, 3.63) is 12.2 Å². The highest BCUT2D eigenvalue weighted by Gasteiger charge is 2.22. The quantitative estimate of drug-likeness (QED) is 0.403. The second-order valence-corrected chi connectivity index (χ2v) is 4.48. The van der Waals surface area contributed by atoms with Gasteiger partial charge in [0, 0.05) is 6.04 Å². The molecule has 1 atom stereocenters. The SMILES string of the molecule is C=C(CC)CC(NN)C1CCCCC1. The van der Waals surface area contributed by atoms with Gasteiger partial charge in [-0.05, 0) is 31.6 Å². The van der Waals surface area contributed by atoms with Crippen LogP contribution in [0.2, 0.25) is 0 Å². The van der Waals surface area contributed by atoms with E-state index in [-0.39, 0.29) is 0 Å². The minimum Gasteiger partial charge on any atom is -0.271 e. The van der Waals surface area contributed by atoms with Gasteiger partial charge in [0.05, 0.1) is 0 Å². The minimum absolute atomic E-state index is 0.461. The molecule has 14 heavy (non-hydrogen) atoms. The summed E-state index contributed by atoms with van der Waals surface area (Å²) in [7, 11) is 0. The summed E-state index contributed by atoms with van der Waals surface area (Å²) in [6.45, 7) is 6.22. The van der Waals surface area contributed by atoms with Gasteiger partial charge < -0.3 is 0 Å². The first kappa shape index (κ1) is 11.7. The van der Waals surface area contributed by atoms with E-state index in [1.165, 1.54) is 37.7 Å². The summed E-state index contributed by atoms with van der Waals surface area (Å²) >= 11 is 0. The molecular formula is C12H24N2. The third-order valence-electron chi connectivity index (χ3n) is 3.44. The summed E-state index contributed by atoms with van der Waals surface area (Å²) in [5.41, 5.74) is 4.29. The van der Waals surface area contributed by atoms with Gasteiger partial charge in [-0.25, -0.2) is 0 Å². The Balaban J connectivity index is 2.39. The van der Waals surface area contributed by atoms with Gasteiger partial charge in [-0.15, -0.1) is 0 Å². The van der Waals surface area contributed by atoms with Crippen LogP contribution in [-0.4, -0.2) is 6.04 Å². The molecule has 2 nitrogen and oxygen atoms in total. The van der Waals surface area contributed by atoms with Crippen LogP contribution in [-0.2, 0) is 0 Å². The highest BCUT2D eigenvalue weighted by molar-refractivity contribution is 4.98. The monoisotopic (exact) mass is 196 g/mol. The molecule has 1 unspecified atom stereocenters. The summed E-state index contributed by atoms with van der Waals surface area (Å²) in [4.78, 5) is 0. The summed E-state index contributed by atoms with van der Waals surface area (Å²) in [5.74, 6) is 6.39. The van der Waals surface area contributed by atoms with Crippen LogP contribution in [0.5, 0.6) is 0 Å². The third kappa shape index (κ3) is 3.43. The Morgan fingerprint density at radius 2 is 2.07 bits per heavy atom. The van der Waals surface area contributed by atoms with E-state index >= 15 is 0 Å².